The molecule has 0 amide bonds. The van der Waals surface area contributed by atoms with Crippen molar-refractivity contribution < 1.29 is 58.0 Å². The van der Waals surface area contributed by atoms with Crippen LogP contribution in [0.4, 0.5) is 0 Å². The number of phosphoric ester groups is 1. The van der Waals surface area contributed by atoms with Gasteiger partial charge >= 0.3 is 19.8 Å². The van der Waals surface area contributed by atoms with E-state index in [4.69, 9.17) is 19.1 Å². The van der Waals surface area contributed by atoms with Crippen LogP contribution in [-0.2, 0) is 32.7 Å². The van der Waals surface area contributed by atoms with Gasteiger partial charge in [-0.15, -0.1) is 0 Å². The Balaban J connectivity index is 4.61. The highest BCUT2D eigenvalue weighted by atomic mass is 31.2. The molecule has 5 unspecified atom stereocenters. The van der Waals surface area contributed by atoms with Crippen molar-refractivity contribution in [3.8, 4) is 0 Å². The average Bonchev–Trinajstić information content (AvgIpc) is 3.19. The maximum Gasteiger partial charge on any atom is 0.472 e. The van der Waals surface area contributed by atoms with E-state index in [1.54, 1.807) is 36.5 Å². The van der Waals surface area contributed by atoms with Crippen LogP contribution in [0.5, 0.6) is 0 Å². The van der Waals surface area contributed by atoms with Gasteiger partial charge in [0.05, 0.1) is 32.0 Å². The van der Waals surface area contributed by atoms with Crippen molar-refractivity contribution >= 4 is 19.8 Å². The first-order valence-electron chi connectivity index (χ1n) is 21.1. The Bertz CT molecular complexity index is 1210. The predicted molar refractivity (Wildman–Crippen MR) is 226 cm³/mol. The lowest BCUT2D eigenvalue weighted by Crippen LogP contribution is -2.30. The van der Waals surface area contributed by atoms with Crippen molar-refractivity contribution in [1.29, 1.82) is 0 Å². The fraction of sp³-hybridized carbons (Fsp3) is 0.682. The van der Waals surface area contributed by atoms with Gasteiger partial charge in [-0.05, 0) is 64.2 Å². The second-order valence-corrected chi connectivity index (χ2v) is 15.5. The third kappa shape index (κ3) is 38.6. The van der Waals surface area contributed by atoms with E-state index in [1.807, 2.05) is 12.2 Å². The number of hydrogen-bond donors (Lipinski definition) is 5. The number of aliphatic hydroxyl groups excluding tert-OH is 4. The molecule has 0 saturated heterocycles. The van der Waals surface area contributed by atoms with E-state index in [-0.39, 0.29) is 25.7 Å². The SMILES string of the molecule is CC/C=C\C/C=C\CC(O)/C=C/C=C\C=C\C(O)CCCC(=O)OC(COC(=O)CCCCCCC/C=C\CCCCCCCC)COP(=O)(O)OCC(O)CO. The molecule has 0 bridgehead atoms. The molecule has 12 nitrogen and oxygen atoms in total. The quantitative estimate of drug-likeness (QED) is 0.0131. The smallest absolute Gasteiger partial charge is 0.462 e. The molecule has 0 rings (SSSR count). The normalized spacial score (nSPS) is 15.7. The number of allylic oxidation sites excluding steroid dienone is 9. The molecule has 0 heterocycles. The van der Waals surface area contributed by atoms with Gasteiger partial charge in [-0.2, -0.15) is 0 Å². The first kappa shape index (κ1) is 54.3. The highest BCUT2D eigenvalue weighted by molar-refractivity contribution is 7.47. The molecule has 57 heavy (non-hydrogen) atoms. The van der Waals surface area contributed by atoms with Crippen LogP contribution >= 0.6 is 7.82 Å². The molecule has 0 saturated carbocycles. The molecule has 0 fully saturated rings. The van der Waals surface area contributed by atoms with Crippen LogP contribution in [0.15, 0.2) is 72.9 Å². The lowest BCUT2D eigenvalue weighted by Gasteiger charge is -2.20. The Hall–Kier alpha value is -2.67. The van der Waals surface area contributed by atoms with Gasteiger partial charge in [0, 0.05) is 12.8 Å². The van der Waals surface area contributed by atoms with Crippen molar-refractivity contribution in [3.05, 3.63) is 72.9 Å². The van der Waals surface area contributed by atoms with Crippen molar-refractivity contribution in [3.63, 3.8) is 0 Å². The molecular weight excluding hydrogens is 751 g/mol. The Kier molecular flexibility index (Phi) is 37.0. The number of esters is 2. The molecule has 5 atom stereocenters. The molecular formula is C44H75O12P. The van der Waals surface area contributed by atoms with Crippen LogP contribution in [0, 0.1) is 0 Å². The summed E-state index contributed by atoms with van der Waals surface area (Å²) in [6, 6.07) is 0. The summed E-state index contributed by atoms with van der Waals surface area (Å²) in [5.74, 6) is -1.18. The summed E-state index contributed by atoms with van der Waals surface area (Å²) in [6.07, 6.45) is 36.4. The van der Waals surface area contributed by atoms with Crippen molar-refractivity contribution in [2.75, 3.05) is 26.4 Å². The number of unbranched alkanes of at least 4 members (excludes halogenated alkanes) is 11. The van der Waals surface area contributed by atoms with Crippen LogP contribution in [0.2, 0.25) is 0 Å². The van der Waals surface area contributed by atoms with Gasteiger partial charge in [0.2, 0.25) is 0 Å². The minimum Gasteiger partial charge on any atom is -0.462 e. The van der Waals surface area contributed by atoms with Gasteiger partial charge in [0.1, 0.15) is 12.7 Å². The van der Waals surface area contributed by atoms with Crippen molar-refractivity contribution in [2.24, 2.45) is 0 Å². The van der Waals surface area contributed by atoms with Gasteiger partial charge in [-0.25, -0.2) is 4.57 Å². The number of carbonyl (C=O) groups is 2. The summed E-state index contributed by atoms with van der Waals surface area (Å²) < 4.78 is 32.5. The Labute approximate surface area is 343 Å². The third-order valence-electron chi connectivity index (χ3n) is 8.53. The van der Waals surface area contributed by atoms with Gasteiger partial charge in [-0.1, -0.05) is 138 Å². The van der Waals surface area contributed by atoms with Crippen LogP contribution in [0.25, 0.3) is 0 Å². The number of hydrogen-bond acceptors (Lipinski definition) is 11. The van der Waals surface area contributed by atoms with Crippen LogP contribution in [0.1, 0.15) is 142 Å². The topological polar surface area (TPSA) is 189 Å². The monoisotopic (exact) mass is 826 g/mol. The van der Waals surface area contributed by atoms with E-state index in [0.29, 0.717) is 12.8 Å². The van der Waals surface area contributed by atoms with Crippen LogP contribution in [-0.4, -0.2) is 88.1 Å². The first-order valence-corrected chi connectivity index (χ1v) is 22.6. The summed E-state index contributed by atoms with van der Waals surface area (Å²) in [5.41, 5.74) is 0. The van der Waals surface area contributed by atoms with Gasteiger partial charge in [0.25, 0.3) is 0 Å². The van der Waals surface area contributed by atoms with Gasteiger partial charge < -0.3 is 34.8 Å². The lowest BCUT2D eigenvalue weighted by atomic mass is 10.1. The molecule has 0 aromatic heterocycles. The second kappa shape index (κ2) is 38.8. The van der Waals surface area contributed by atoms with E-state index in [1.165, 1.54) is 38.5 Å². The minimum atomic E-state index is -4.69. The Morgan fingerprint density at radius 1 is 0.632 bits per heavy atom. The molecule has 0 aliphatic carbocycles. The molecule has 0 aliphatic rings. The number of ether oxygens (including phenoxy) is 2. The Morgan fingerprint density at radius 2 is 1.21 bits per heavy atom. The van der Waals surface area contributed by atoms with Gasteiger partial charge in [-0.3, -0.25) is 18.6 Å². The molecule has 5 N–H and O–H groups in total. The zero-order chi connectivity index (χ0) is 42.2. The minimum absolute atomic E-state index is 0.0833. The highest BCUT2D eigenvalue weighted by Crippen LogP contribution is 2.43. The van der Waals surface area contributed by atoms with E-state index in [0.717, 1.165) is 51.4 Å². The summed E-state index contributed by atoms with van der Waals surface area (Å²) in [5, 5.41) is 38.6. The number of aliphatic hydroxyl groups is 4. The molecule has 0 aromatic rings. The number of rotatable bonds is 38. The zero-order valence-corrected chi connectivity index (χ0v) is 35.6. The largest absolute Gasteiger partial charge is 0.472 e. The highest BCUT2D eigenvalue weighted by Gasteiger charge is 2.27. The molecule has 0 spiro atoms. The van der Waals surface area contributed by atoms with E-state index in [2.05, 4.69) is 42.7 Å². The fourth-order valence-electron chi connectivity index (χ4n) is 5.22. The predicted octanol–water partition coefficient (Wildman–Crippen LogP) is 8.83. The molecule has 0 aliphatic heterocycles. The fourth-order valence-corrected chi connectivity index (χ4v) is 6.01. The van der Waals surface area contributed by atoms with E-state index < -0.39 is 70.6 Å². The maximum atomic E-state index is 12.6. The van der Waals surface area contributed by atoms with Gasteiger partial charge in [0.15, 0.2) is 6.10 Å². The zero-order valence-electron chi connectivity index (χ0n) is 34.7. The average molecular weight is 827 g/mol. The van der Waals surface area contributed by atoms with Crippen LogP contribution in [0.3, 0.4) is 0 Å². The molecule has 0 aromatic carbocycles. The summed E-state index contributed by atoms with van der Waals surface area (Å²) >= 11 is 0. The standard InChI is InChI=1S/C44H75O12P/c1-3-5-7-9-11-12-13-14-15-16-17-18-19-21-27-33-43(49)53-37-42(38-55-57(51,52)54-36-41(48)35-45)56-44(50)34-28-32-40(47)31-26-23-22-25-30-39(46)29-24-20-10-8-6-4-2/h6,8,14-15,20,22-26,30-31,39-42,45-48H,3-5,7,9-13,16-19,21,27-29,32-38H2,1-2H3,(H,51,52)/b8-6-,15-14-,23-22-,24-20-,30-25+,31-26+. The molecule has 0 radical (unpaired) electrons. The van der Waals surface area contributed by atoms with Crippen molar-refractivity contribution in [1.82, 2.24) is 0 Å². The molecule has 13 heteroatoms. The van der Waals surface area contributed by atoms with Crippen LogP contribution < -0.4 is 0 Å². The van der Waals surface area contributed by atoms with Crippen molar-refractivity contribution in [2.45, 2.75) is 167 Å². The molecule has 328 valence electrons. The second-order valence-electron chi connectivity index (χ2n) is 14.0. The first-order chi connectivity index (χ1) is 27.5. The number of carbonyl (C=O) groups excluding carboxylic acids is 2. The lowest BCUT2D eigenvalue weighted by molar-refractivity contribution is -0.161. The summed E-state index contributed by atoms with van der Waals surface area (Å²) in [4.78, 5) is 35.0. The third-order valence-corrected chi connectivity index (χ3v) is 9.49. The number of phosphoric acid groups is 1. The summed E-state index contributed by atoms with van der Waals surface area (Å²) in [7, 11) is -4.69. The summed E-state index contributed by atoms with van der Waals surface area (Å²) in [6.45, 7) is 1.91. The Morgan fingerprint density at radius 3 is 1.86 bits per heavy atom. The van der Waals surface area contributed by atoms with E-state index >= 15 is 0 Å². The maximum absolute atomic E-state index is 12.6. The van der Waals surface area contributed by atoms with E-state index in [9.17, 15) is 34.4 Å².